The van der Waals surface area contributed by atoms with Crippen molar-refractivity contribution in [3.8, 4) is 0 Å². The van der Waals surface area contributed by atoms with Crippen LogP contribution >= 0.6 is 11.6 Å². The number of hydrogen-bond acceptors (Lipinski definition) is 3. The average molecular weight is 237 g/mol. The van der Waals surface area contributed by atoms with Crippen LogP contribution in [0, 0.1) is 0 Å². The van der Waals surface area contributed by atoms with Gasteiger partial charge in [0.15, 0.2) is 0 Å². The third-order valence-electron chi connectivity index (χ3n) is 1.74. The molecule has 0 saturated heterocycles. The summed E-state index contributed by atoms with van der Waals surface area (Å²) in [5.74, 6) is -1.27. The van der Waals surface area contributed by atoms with Gasteiger partial charge in [-0.15, -0.1) is 0 Å². The Kier molecular flexibility index (Phi) is 3.41. The van der Waals surface area contributed by atoms with Crippen LogP contribution in [0.5, 0.6) is 0 Å². The number of carbonyl (C=O) groups is 1. The van der Waals surface area contributed by atoms with Gasteiger partial charge >= 0.3 is 5.97 Å². The molecular weight excluding hydrogens is 230 g/mol. The van der Waals surface area contributed by atoms with Crippen molar-refractivity contribution in [2.45, 2.75) is 12.8 Å². The number of pyridine rings is 1. The van der Waals surface area contributed by atoms with Crippen LogP contribution in [0.1, 0.15) is 17.7 Å². The highest BCUT2D eigenvalue weighted by Gasteiger charge is 2.20. The fourth-order valence-corrected chi connectivity index (χ4v) is 1.24. The van der Waals surface area contributed by atoms with Gasteiger partial charge in [0.25, 0.3) is 6.43 Å². The van der Waals surface area contributed by atoms with Crippen molar-refractivity contribution in [2.75, 3.05) is 5.73 Å². The molecule has 0 aliphatic rings. The summed E-state index contributed by atoms with van der Waals surface area (Å²) in [4.78, 5) is 13.8. The van der Waals surface area contributed by atoms with Crippen LogP contribution in [0.4, 0.5) is 14.5 Å². The van der Waals surface area contributed by atoms with Crippen LogP contribution in [0.3, 0.4) is 0 Å². The molecule has 0 unspecified atom stereocenters. The summed E-state index contributed by atoms with van der Waals surface area (Å²) in [5, 5.41) is 8.49. The lowest BCUT2D eigenvalue weighted by atomic mass is 10.1. The lowest BCUT2D eigenvalue weighted by Crippen LogP contribution is -2.09. The summed E-state index contributed by atoms with van der Waals surface area (Å²) < 4.78 is 24.9. The number of aliphatic carboxylic acids is 1. The zero-order valence-corrected chi connectivity index (χ0v) is 8.13. The van der Waals surface area contributed by atoms with Crippen molar-refractivity contribution in [3.05, 3.63) is 22.5 Å². The SMILES string of the molecule is Nc1c(Cl)cnc(C(F)F)c1CC(=O)O. The van der Waals surface area contributed by atoms with Gasteiger partial charge in [0.1, 0.15) is 5.69 Å². The Balaban J connectivity index is 3.28. The predicted molar refractivity (Wildman–Crippen MR) is 50.0 cm³/mol. The number of aromatic nitrogens is 1. The molecule has 0 aliphatic carbocycles. The highest BCUT2D eigenvalue weighted by atomic mass is 35.5. The van der Waals surface area contributed by atoms with E-state index in [2.05, 4.69) is 4.98 Å². The monoisotopic (exact) mass is 236 g/mol. The van der Waals surface area contributed by atoms with Crippen LogP contribution in [-0.2, 0) is 11.2 Å². The highest BCUT2D eigenvalue weighted by molar-refractivity contribution is 6.33. The first-order valence-electron chi connectivity index (χ1n) is 3.86. The molecule has 0 radical (unpaired) electrons. The molecule has 0 saturated carbocycles. The summed E-state index contributed by atoms with van der Waals surface area (Å²) >= 11 is 5.55. The molecule has 0 aliphatic heterocycles. The molecule has 0 aromatic carbocycles. The van der Waals surface area contributed by atoms with Gasteiger partial charge in [-0.1, -0.05) is 11.6 Å². The molecule has 1 aromatic heterocycles. The van der Waals surface area contributed by atoms with Gasteiger partial charge in [-0.25, -0.2) is 8.78 Å². The summed E-state index contributed by atoms with van der Waals surface area (Å²) in [6, 6.07) is 0. The first-order chi connectivity index (χ1) is 6.93. The van der Waals surface area contributed by atoms with Crippen molar-refractivity contribution >= 4 is 23.3 Å². The van der Waals surface area contributed by atoms with E-state index in [1.165, 1.54) is 0 Å². The lowest BCUT2D eigenvalue weighted by Gasteiger charge is -2.09. The Morgan fingerprint density at radius 3 is 2.73 bits per heavy atom. The third-order valence-corrected chi connectivity index (χ3v) is 2.04. The first kappa shape index (κ1) is 11.6. The number of anilines is 1. The van der Waals surface area contributed by atoms with Gasteiger partial charge < -0.3 is 10.8 Å². The van der Waals surface area contributed by atoms with Crippen LogP contribution in [0.15, 0.2) is 6.20 Å². The minimum absolute atomic E-state index is 0.0318. The topological polar surface area (TPSA) is 76.2 Å². The maximum atomic E-state index is 12.4. The first-order valence-corrected chi connectivity index (χ1v) is 4.24. The number of hydrogen-bond donors (Lipinski definition) is 2. The molecule has 0 amide bonds. The molecule has 82 valence electrons. The van der Waals surface area contributed by atoms with E-state index >= 15 is 0 Å². The van der Waals surface area contributed by atoms with Crippen molar-refractivity contribution in [1.82, 2.24) is 4.98 Å². The van der Waals surface area contributed by atoms with E-state index in [4.69, 9.17) is 22.4 Å². The van der Waals surface area contributed by atoms with Gasteiger partial charge in [-0.2, -0.15) is 0 Å². The molecule has 0 spiro atoms. The summed E-state index contributed by atoms with van der Waals surface area (Å²) in [6.45, 7) is 0. The summed E-state index contributed by atoms with van der Waals surface area (Å²) in [5.41, 5.74) is 4.37. The fourth-order valence-electron chi connectivity index (χ4n) is 1.08. The number of alkyl halides is 2. The van der Waals surface area contributed by atoms with Crippen LogP contribution < -0.4 is 5.73 Å². The van der Waals surface area contributed by atoms with Crippen molar-refractivity contribution < 1.29 is 18.7 Å². The Morgan fingerprint density at radius 2 is 2.27 bits per heavy atom. The van der Waals surface area contributed by atoms with Crippen molar-refractivity contribution in [1.29, 1.82) is 0 Å². The molecule has 4 nitrogen and oxygen atoms in total. The van der Waals surface area contributed by atoms with Gasteiger partial charge in [0.2, 0.25) is 0 Å². The average Bonchev–Trinajstić information content (AvgIpc) is 2.12. The minimum Gasteiger partial charge on any atom is -0.481 e. The van der Waals surface area contributed by atoms with Crippen molar-refractivity contribution in [3.63, 3.8) is 0 Å². The van der Waals surface area contributed by atoms with Crippen LogP contribution in [-0.4, -0.2) is 16.1 Å². The van der Waals surface area contributed by atoms with E-state index in [9.17, 15) is 13.6 Å². The Bertz CT molecular complexity index is 398. The smallest absolute Gasteiger partial charge is 0.307 e. The van der Waals surface area contributed by atoms with E-state index < -0.39 is 24.5 Å². The fraction of sp³-hybridized carbons (Fsp3) is 0.250. The largest absolute Gasteiger partial charge is 0.481 e. The van der Waals surface area contributed by atoms with E-state index in [1.807, 2.05) is 0 Å². The van der Waals surface area contributed by atoms with Gasteiger partial charge in [-0.3, -0.25) is 9.78 Å². The van der Waals surface area contributed by atoms with Gasteiger partial charge in [0.05, 0.1) is 17.1 Å². The van der Waals surface area contributed by atoms with Crippen LogP contribution in [0.2, 0.25) is 5.02 Å². The number of nitrogens with zero attached hydrogens (tertiary/aromatic N) is 1. The molecule has 1 rings (SSSR count). The van der Waals surface area contributed by atoms with Gasteiger partial charge in [0, 0.05) is 11.8 Å². The second-order valence-electron chi connectivity index (χ2n) is 2.75. The Labute approximate surface area is 88.7 Å². The Hall–Kier alpha value is -1.43. The van der Waals surface area contributed by atoms with E-state index in [-0.39, 0.29) is 16.3 Å². The maximum Gasteiger partial charge on any atom is 0.307 e. The quantitative estimate of drug-likeness (QED) is 0.840. The van der Waals surface area contributed by atoms with E-state index in [0.29, 0.717) is 0 Å². The molecule has 1 heterocycles. The van der Waals surface area contributed by atoms with Gasteiger partial charge in [-0.05, 0) is 0 Å². The lowest BCUT2D eigenvalue weighted by molar-refractivity contribution is -0.136. The number of nitrogen functional groups attached to an aromatic ring is 1. The zero-order valence-electron chi connectivity index (χ0n) is 7.38. The number of rotatable bonds is 3. The summed E-state index contributed by atoms with van der Waals surface area (Å²) in [7, 11) is 0. The molecule has 0 bridgehead atoms. The number of carboxylic acid groups (broad SMARTS) is 1. The molecule has 0 fully saturated rings. The minimum atomic E-state index is -2.88. The number of carboxylic acids is 1. The molecule has 15 heavy (non-hydrogen) atoms. The second kappa shape index (κ2) is 4.39. The third kappa shape index (κ3) is 2.53. The zero-order chi connectivity index (χ0) is 11.6. The summed E-state index contributed by atoms with van der Waals surface area (Å²) in [6.07, 6.45) is -2.53. The standard InChI is InChI=1S/C8H7ClF2N2O2/c9-4-2-13-7(8(10)11)3(6(4)12)1-5(14)15/h2,8H,1H2,(H2,12,13)(H,14,15). The molecule has 1 aromatic rings. The molecule has 0 atom stereocenters. The normalized spacial score (nSPS) is 10.7. The van der Waals surface area contributed by atoms with Crippen molar-refractivity contribution in [2.24, 2.45) is 0 Å². The van der Waals surface area contributed by atoms with Crippen LogP contribution in [0.25, 0.3) is 0 Å². The highest BCUT2D eigenvalue weighted by Crippen LogP contribution is 2.30. The number of nitrogens with two attached hydrogens (primary N) is 1. The van der Waals surface area contributed by atoms with E-state index in [0.717, 1.165) is 6.20 Å². The molecule has 3 N–H and O–H groups in total. The Morgan fingerprint density at radius 1 is 1.67 bits per heavy atom. The molecular formula is C8H7ClF2N2O2. The number of halogens is 3. The molecule has 7 heteroatoms. The predicted octanol–water partition coefficient (Wildman–Crippen LogP) is 1.88. The maximum absolute atomic E-state index is 12.4. The van der Waals surface area contributed by atoms with E-state index in [1.54, 1.807) is 0 Å². The second-order valence-corrected chi connectivity index (χ2v) is 3.16.